The maximum atomic E-state index is 12.2. The van der Waals surface area contributed by atoms with Gasteiger partial charge in [-0.1, -0.05) is 167 Å². The molecule has 0 aliphatic carbocycles. The Bertz CT molecular complexity index is 546. The molecule has 0 aromatic rings. The van der Waals surface area contributed by atoms with Gasteiger partial charge in [0.15, 0.2) is 13.4 Å². The molecule has 5 heteroatoms. The Balaban J connectivity index is 3.63. The molecule has 0 spiro atoms. The van der Waals surface area contributed by atoms with Gasteiger partial charge < -0.3 is 9.74 Å². The molecule has 246 valence electrons. The molecule has 0 rings (SSSR count). The minimum atomic E-state index is -1.66. The van der Waals surface area contributed by atoms with Crippen LogP contribution in [0.4, 0.5) is 0 Å². The van der Waals surface area contributed by atoms with E-state index in [2.05, 4.69) is 39.3 Å². The van der Waals surface area contributed by atoms with Gasteiger partial charge in [0.1, 0.15) is 0 Å². The van der Waals surface area contributed by atoms with Crippen LogP contribution in [0.3, 0.4) is 0 Å². The van der Waals surface area contributed by atoms with Crippen LogP contribution in [0.1, 0.15) is 181 Å². The third-order valence-electron chi connectivity index (χ3n) is 8.66. The number of hydrogen-bond donors (Lipinski definition) is 1. The summed E-state index contributed by atoms with van der Waals surface area (Å²) in [5, 5.41) is 3.90. The van der Waals surface area contributed by atoms with E-state index in [9.17, 15) is 4.79 Å². The standard InChI is InChI=1S/C36H75NO2SSi/c1-6-8-10-12-14-16-17-18-19-20-22-23-25-27-30-35(37-3)34-39-41(4,5)33-29-32-40-36(38)31-28-26-24-21-15-13-11-9-7-2/h35,37H,6-34H2,1-5H3. The van der Waals surface area contributed by atoms with E-state index in [0.29, 0.717) is 11.2 Å². The molecule has 0 heterocycles. The van der Waals surface area contributed by atoms with E-state index in [-0.39, 0.29) is 0 Å². The Morgan fingerprint density at radius 1 is 0.634 bits per heavy atom. The van der Waals surface area contributed by atoms with Crippen LogP contribution in [0, 0.1) is 0 Å². The first-order chi connectivity index (χ1) is 19.9. The summed E-state index contributed by atoms with van der Waals surface area (Å²) in [6, 6.07) is 1.63. The molecule has 1 atom stereocenters. The molecule has 3 nitrogen and oxygen atoms in total. The van der Waals surface area contributed by atoms with Crippen molar-refractivity contribution in [2.75, 3.05) is 19.4 Å². The fourth-order valence-corrected chi connectivity index (χ4v) is 8.52. The third-order valence-corrected chi connectivity index (χ3v) is 12.2. The van der Waals surface area contributed by atoms with Crippen molar-refractivity contribution in [3.63, 3.8) is 0 Å². The highest BCUT2D eigenvalue weighted by Gasteiger charge is 2.23. The van der Waals surface area contributed by atoms with Crippen LogP contribution in [0.25, 0.3) is 0 Å². The Labute approximate surface area is 264 Å². The molecule has 0 bridgehead atoms. The molecule has 0 aromatic heterocycles. The van der Waals surface area contributed by atoms with Gasteiger partial charge in [-0.25, -0.2) is 0 Å². The van der Waals surface area contributed by atoms with E-state index in [0.717, 1.165) is 37.7 Å². The van der Waals surface area contributed by atoms with Crippen molar-refractivity contribution < 1.29 is 9.22 Å². The number of thioether (sulfide) groups is 1. The lowest BCUT2D eigenvalue weighted by atomic mass is 10.0. The zero-order chi connectivity index (χ0) is 30.3. The highest BCUT2D eigenvalue weighted by molar-refractivity contribution is 8.13. The molecular formula is C36H75NO2SSi. The summed E-state index contributed by atoms with van der Waals surface area (Å²) < 4.78 is 6.47. The monoisotopic (exact) mass is 614 g/mol. The van der Waals surface area contributed by atoms with E-state index in [1.54, 1.807) is 11.8 Å². The van der Waals surface area contributed by atoms with Gasteiger partial charge in [-0.15, -0.1) is 0 Å². The minimum Gasteiger partial charge on any atom is -0.416 e. The molecule has 0 radical (unpaired) electrons. The van der Waals surface area contributed by atoms with E-state index < -0.39 is 8.32 Å². The molecule has 0 saturated carbocycles. The first kappa shape index (κ1) is 41.2. The number of rotatable bonds is 33. The van der Waals surface area contributed by atoms with Crippen LogP contribution < -0.4 is 5.32 Å². The Morgan fingerprint density at radius 3 is 1.49 bits per heavy atom. The lowest BCUT2D eigenvalue weighted by Gasteiger charge is -2.26. The second-order valence-electron chi connectivity index (χ2n) is 13.3. The molecule has 0 saturated heterocycles. The molecule has 0 fully saturated rings. The number of likely N-dealkylation sites (N-methyl/N-ethyl adjacent to an activating group) is 1. The van der Waals surface area contributed by atoms with E-state index in [1.165, 1.54) is 148 Å². The van der Waals surface area contributed by atoms with E-state index in [1.807, 2.05) is 0 Å². The van der Waals surface area contributed by atoms with Crippen molar-refractivity contribution in [2.24, 2.45) is 0 Å². The quantitative estimate of drug-likeness (QED) is 0.0590. The fraction of sp³-hybridized carbons (Fsp3) is 0.972. The highest BCUT2D eigenvalue weighted by atomic mass is 32.2. The normalized spacial score (nSPS) is 12.7. The summed E-state index contributed by atoms with van der Waals surface area (Å²) in [6.07, 6.45) is 34.7. The number of carbonyl (C=O) groups is 1. The zero-order valence-electron chi connectivity index (χ0n) is 28.8. The van der Waals surface area contributed by atoms with Crippen molar-refractivity contribution in [3.05, 3.63) is 0 Å². The van der Waals surface area contributed by atoms with Crippen LogP contribution in [0.5, 0.6) is 0 Å². The largest absolute Gasteiger partial charge is 0.416 e. The fourth-order valence-electron chi connectivity index (χ4n) is 5.63. The topological polar surface area (TPSA) is 38.3 Å². The van der Waals surface area contributed by atoms with Crippen molar-refractivity contribution in [3.8, 4) is 0 Å². The average Bonchev–Trinajstić information content (AvgIpc) is 2.96. The van der Waals surface area contributed by atoms with Crippen molar-refractivity contribution in [1.29, 1.82) is 0 Å². The smallest absolute Gasteiger partial charge is 0.188 e. The summed E-state index contributed by atoms with van der Waals surface area (Å²) in [6.45, 7) is 10.1. The van der Waals surface area contributed by atoms with Crippen LogP contribution in [0.15, 0.2) is 0 Å². The molecule has 0 amide bonds. The SMILES string of the molecule is CCCCCCCCCCCCCCCCC(CO[Si](C)(C)CCCSC(=O)CCCCCCCCCCC)NC. The minimum absolute atomic E-state index is 0.400. The first-order valence-corrected chi connectivity index (χ1v) is 22.5. The third kappa shape index (κ3) is 31.4. The van der Waals surface area contributed by atoms with Gasteiger partial charge in [-0.05, 0) is 45.4 Å². The molecule has 1 unspecified atom stereocenters. The molecule has 0 aliphatic rings. The van der Waals surface area contributed by atoms with Crippen molar-refractivity contribution in [2.45, 2.75) is 206 Å². The maximum absolute atomic E-state index is 12.2. The molecule has 1 N–H and O–H groups in total. The summed E-state index contributed by atoms with van der Waals surface area (Å²) in [4.78, 5) is 12.2. The second kappa shape index (κ2) is 31.6. The van der Waals surface area contributed by atoms with Crippen molar-refractivity contribution >= 4 is 25.2 Å². The molecule has 41 heavy (non-hydrogen) atoms. The average molecular weight is 614 g/mol. The van der Waals surface area contributed by atoms with Crippen molar-refractivity contribution in [1.82, 2.24) is 5.32 Å². The Kier molecular flexibility index (Phi) is 31.7. The zero-order valence-corrected chi connectivity index (χ0v) is 30.6. The number of hydrogen-bond acceptors (Lipinski definition) is 4. The van der Waals surface area contributed by atoms with Gasteiger partial charge in [0.05, 0.1) is 0 Å². The molecule has 0 aromatic carbocycles. The number of unbranched alkanes of at least 4 members (excludes halogenated alkanes) is 21. The van der Waals surface area contributed by atoms with Gasteiger partial charge in [0.25, 0.3) is 0 Å². The molecule has 0 aliphatic heterocycles. The lowest BCUT2D eigenvalue weighted by molar-refractivity contribution is -0.111. The summed E-state index contributed by atoms with van der Waals surface area (Å²) in [7, 11) is 0.426. The predicted molar refractivity (Wildman–Crippen MR) is 190 cm³/mol. The van der Waals surface area contributed by atoms with Crippen LogP contribution in [0.2, 0.25) is 19.1 Å². The summed E-state index contributed by atoms with van der Waals surface area (Å²) in [5.41, 5.74) is 0. The second-order valence-corrected chi connectivity index (χ2v) is 18.8. The van der Waals surface area contributed by atoms with Crippen LogP contribution in [-0.2, 0) is 9.22 Å². The Morgan fingerprint density at radius 2 is 1.05 bits per heavy atom. The Hall–Kier alpha value is 0.157. The molecular weight excluding hydrogens is 539 g/mol. The van der Waals surface area contributed by atoms with Gasteiger partial charge >= 0.3 is 0 Å². The van der Waals surface area contributed by atoms with Gasteiger partial charge in [0, 0.05) is 24.8 Å². The summed E-state index contributed by atoms with van der Waals surface area (Å²) in [5.74, 6) is 0.963. The number of nitrogens with one attached hydrogen (secondary N) is 1. The van der Waals surface area contributed by atoms with Crippen LogP contribution in [-0.4, -0.2) is 38.9 Å². The lowest BCUT2D eigenvalue weighted by Crippen LogP contribution is -2.38. The number of carbonyl (C=O) groups excluding carboxylic acids is 1. The van der Waals surface area contributed by atoms with Gasteiger partial charge in [0.2, 0.25) is 0 Å². The predicted octanol–water partition coefficient (Wildman–Crippen LogP) is 12.2. The van der Waals surface area contributed by atoms with E-state index >= 15 is 0 Å². The first-order valence-electron chi connectivity index (χ1n) is 18.4. The van der Waals surface area contributed by atoms with Crippen LogP contribution >= 0.6 is 11.8 Å². The summed E-state index contributed by atoms with van der Waals surface area (Å²) >= 11 is 1.57. The van der Waals surface area contributed by atoms with E-state index in [4.69, 9.17) is 4.43 Å². The van der Waals surface area contributed by atoms with Gasteiger partial charge in [-0.3, -0.25) is 4.79 Å². The van der Waals surface area contributed by atoms with Gasteiger partial charge in [-0.2, -0.15) is 0 Å². The maximum Gasteiger partial charge on any atom is 0.188 e. The highest BCUT2D eigenvalue weighted by Crippen LogP contribution is 2.20.